The number of aryl methyl sites for hydroxylation is 1. The number of nitro groups is 1. The van der Waals surface area contributed by atoms with E-state index in [9.17, 15) is 19.7 Å². The Morgan fingerprint density at radius 3 is 2.50 bits per heavy atom. The van der Waals surface area contributed by atoms with Crippen LogP contribution in [0, 0.1) is 10.1 Å². The van der Waals surface area contributed by atoms with Crippen molar-refractivity contribution < 1.29 is 14.5 Å². The van der Waals surface area contributed by atoms with Crippen LogP contribution in [0.4, 0.5) is 11.4 Å². The van der Waals surface area contributed by atoms with Gasteiger partial charge in [0.25, 0.3) is 5.69 Å². The van der Waals surface area contributed by atoms with Gasteiger partial charge in [-0.2, -0.15) is 0 Å². The van der Waals surface area contributed by atoms with Gasteiger partial charge in [-0.25, -0.2) is 0 Å². The van der Waals surface area contributed by atoms with Crippen LogP contribution in [-0.2, 0) is 16.0 Å². The maximum Gasteiger partial charge on any atom is 0.269 e. The summed E-state index contributed by atoms with van der Waals surface area (Å²) < 4.78 is 0. The number of likely N-dealkylation sites (tertiary alicyclic amines) is 1. The number of carbonyl (C=O) groups is 2. The van der Waals surface area contributed by atoms with E-state index in [1.807, 2.05) is 4.90 Å². The normalized spacial score (nSPS) is 18.1. The molecular formula is C17H21N3O4. The number of amides is 2. The molecule has 0 bridgehead atoms. The van der Waals surface area contributed by atoms with Crippen LogP contribution in [0.15, 0.2) is 18.2 Å². The van der Waals surface area contributed by atoms with Gasteiger partial charge in [-0.05, 0) is 30.9 Å². The number of benzene rings is 1. The highest BCUT2D eigenvalue weighted by Gasteiger charge is 2.29. The molecular weight excluding hydrogens is 310 g/mol. The largest absolute Gasteiger partial charge is 0.341 e. The molecule has 2 aliphatic heterocycles. The lowest BCUT2D eigenvalue weighted by Crippen LogP contribution is -2.45. The van der Waals surface area contributed by atoms with Gasteiger partial charge in [0, 0.05) is 37.3 Å². The molecule has 7 heteroatoms. The summed E-state index contributed by atoms with van der Waals surface area (Å²) >= 11 is 0. The number of carbonyl (C=O) groups excluding carboxylic acids is 2. The van der Waals surface area contributed by atoms with Crippen LogP contribution < -0.4 is 4.90 Å². The zero-order valence-corrected chi connectivity index (χ0v) is 13.6. The number of hydrogen-bond acceptors (Lipinski definition) is 4. The fourth-order valence-corrected chi connectivity index (χ4v) is 3.39. The third-order valence-corrected chi connectivity index (χ3v) is 4.73. The zero-order chi connectivity index (χ0) is 17.1. The predicted molar refractivity (Wildman–Crippen MR) is 88.8 cm³/mol. The fourth-order valence-electron chi connectivity index (χ4n) is 3.39. The van der Waals surface area contributed by atoms with Gasteiger partial charge in [-0.1, -0.05) is 12.8 Å². The van der Waals surface area contributed by atoms with Crippen molar-refractivity contribution in [2.24, 2.45) is 0 Å². The third kappa shape index (κ3) is 3.39. The summed E-state index contributed by atoms with van der Waals surface area (Å²) in [7, 11) is 0. The molecule has 0 radical (unpaired) electrons. The molecule has 0 aromatic heterocycles. The lowest BCUT2D eigenvalue weighted by Gasteiger charge is -2.31. The van der Waals surface area contributed by atoms with Gasteiger partial charge in [-0.3, -0.25) is 19.7 Å². The third-order valence-electron chi connectivity index (χ3n) is 4.73. The van der Waals surface area contributed by atoms with E-state index in [4.69, 9.17) is 0 Å². The van der Waals surface area contributed by atoms with Gasteiger partial charge in [0.15, 0.2) is 0 Å². The predicted octanol–water partition coefficient (Wildman–Crippen LogP) is 2.28. The average Bonchev–Trinajstić information content (AvgIpc) is 2.86. The number of nitro benzene ring substituents is 1. The van der Waals surface area contributed by atoms with Crippen molar-refractivity contribution in [3.63, 3.8) is 0 Å². The second kappa shape index (κ2) is 6.98. The molecule has 2 heterocycles. The van der Waals surface area contributed by atoms with Crippen LogP contribution in [0.3, 0.4) is 0 Å². The summed E-state index contributed by atoms with van der Waals surface area (Å²) in [6, 6.07) is 4.48. The molecule has 7 nitrogen and oxygen atoms in total. The van der Waals surface area contributed by atoms with E-state index in [2.05, 4.69) is 0 Å². The van der Waals surface area contributed by atoms with Crippen molar-refractivity contribution in [1.29, 1.82) is 0 Å². The highest BCUT2D eigenvalue weighted by atomic mass is 16.6. The van der Waals surface area contributed by atoms with Gasteiger partial charge < -0.3 is 9.80 Å². The molecule has 0 unspecified atom stereocenters. The molecule has 0 atom stereocenters. The minimum atomic E-state index is -0.441. The maximum atomic E-state index is 12.6. The monoisotopic (exact) mass is 331 g/mol. The van der Waals surface area contributed by atoms with Crippen LogP contribution in [-0.4, -0.2) is 41.3 Å². The lowest BCUT2D eigenvalue weighted by atomic mass is 10.0. The standard InChI is InChI=1S/C17H21N3O4/c21-16-8-5-13-11-14(20(23)24)6-7-15(13)19(16)12-17(22)18-9-3-1-2-4-10-18/h6-7,11H,1-5,8-10,12H2. The molecule has 0 saturated carbocycles. The molecule has 1 aromatic carbocycles. The zero-order valence-electron chi connectivity index (χ0n) is 13.6. The fraction of sp³-hybridized carbons (Fsp3) is 0.529. The van der Waals surface area contributed by atoms with E-state index in [1.54, 1.807) is 6.07 Å². The van der Waals surface area contributed by atoms with Crippen LogP contribution >= 0.6 is 0 Å². The molecule has 0 aliphatic carbocycles. The molecule has 2 amide bonds. The highest BCUT2D eigenvalue weighted by Crippen LogP contribution is 2.31. The molecule has 1 aromatic rings. The van der Waals surface area contributed by atoms with E-state index in [-0.39, 0.29) is 30.5 Å². The Morgan fingerprint density at radius 2 is 1.83 bits per heavy atom. The van der Waals surface area contributed by atoms with Gasteiger partial charge >= 0.3 is 0 Å². The van der Waals surface area contributed by atoms with Crippen molar-refractivity contribution in [3.05, 3.63) is 33.9 Å². The molecule has 24 heavy (non-hydrogen) atoms. The van der Waals surface area contributed by atoms with Crippen molar-refractivity contribution in [3.8, 4) is 0 Å². The lowest BCUT2D eigenvalue weighted by molar-refractivity contribution is -0.384. The summed E-state index contributed by atoms with van der Waals surface area (Å²) in [5.74, 6) is -0.143. The Labute approximate surface area is 140 Å². The Bertz CT molecular complexity index is 666. The summed E-state index contributed by atoms with van der Waals surface area (Å²) in [5.41, 5.74) is 1.40. The first-order chi connectivity index (χ1) is 11.6. The SMILES string of the molecule is O=C(CN1C(=O)CCc2cc([N+](=O)[O-])ccc21)N1CCCCCC1. The average molecular weight is 331 g/mol. The summed E-state index contributed by atoms with van der Waals surface area (Å²) in [5, 5.41) is 10.9. The van der Waals surface area contributed by atoms with Crippen molar-refractivity contribution in [2.45, 2.75) is 38.5 Å². The van der Waals surface area contributed by atoms with Crippen LogP contribution in [0.2, 0.25) is 0 Å². The number of non-ortho nitro benzene ring substituents is 1. The Morgan fingerprint density at radius 1 is 1.12 bits per heavy atom. The molecule has 1 saturated heterocycles. The van der Waals surface area contributed by atoms with Crippen molar-refractivity contribution in [2.75, 3.05) is 24.5 Å². The second-order valence-electron chi connectivity index (χ2n) is 6.35. The van der Waals surface area contributed by atoms with Crippen molar-refractivity contribution in [1.82, 2.24) is 4.90 Å². The highest BCUT2D eigenvalue weighted by molar-refractivity contribution is 6.01. The first-order valence-electron chi connectivity index (χ1n) is 8.42. The first kappa shape index (κ1) is 16.4. The Hall–Kier alpha value is -2.44. The van der Waals surface area contributed by atoms with Gasteiger partial charge in [0.2, 0.25) is 11.8 Å². The number of fused-ring (bicyclic) bond motifs is 1. The van der Waals surface area contributed by atoms with Crippen LogP contribution in [0.1, 0.15) is 37.7 Å². The molecule has 2 aliphatic rings. The first-order valence-corrected chi connectivity index (χ1v) is 8.42. The van der Waals surface area contributed by atoms with E-state index in [0.717, 1.165) is 44.3 Å². The molecule has 0 spiro atoms. The molecule has 128 valence electrons. The molecule has 0 N–H and O–H groups in total. The van der Waals surface area contributed by atoms with Crippen LogP contribution in [0.5, 0.6) is 0 Å². The van der Waals surface area contributed by atoms with Gasteiger partial charge in [-0.15, -0.1) is 0 Å². The van der Waals surface area contributed by atoms with Crippen LogP contribution in [0.25, 0.3) is 0 Å². The van der Waals surface area contributed by atoms with E-state index in [0.29, 0.717) is 12.1 Å². The number of nitrogens with zero attached hydrogens (tertiary/aromatic N) is 3. The quantitative estimate of drug-likeness (QED) is 0.628. The number of rotatable bonds is 3. The topological polar surface area (TPSA) is 83.8 Å². The molecule has 1 fully saturated rings. The second-order valence-corrected chi connectivity index (χ2v) is 6.35. The Kier molecular flexibility index (Phi) is 4.78. The smallest absolute Gasteiger partial charge is 0.269 e. The number of hydrogen-bond donors (Lipinski definition) is 0. The summed E-state index contributed by atoms with van der Waals surface area (Å²) in [4.78, 5) is 38.6. The summed E-state index contributed by atoms with van der Waals surface area (Å²) in [6.45, 7) is 1.51. The molecule has 3 rings (SSSR count). The number of anilines is 1. The van der Waals surface area contributed by atoms with E-state index < -0.39 is 4.92 Å². The van der Waals surface area contributed by atoms with Gasteiger partial charge in [0.1, 0.15) is 6.54 Å². The van der Waals surface area contributed by atoms with Gasteiger partial charge in [0.05, 0.1) is 4.92 Å². The minimum absolute atomic E-state index is 0.0156. The van der Waals surface area contributed by atoms with E-state index >= 15 is 0 Å². The summed E-state index contributed by atoms with van der Waals surface area (Å²) in [6.07, 6.45) is 5.04. The van der Waals surface area contributed by atoms with E-state index in [1.165, 1.54) is 17.0 Å². The Balaban J connectivity index is 1.79. The maximum absolute atomic E-state index is 12.6. The minimum Gasteiger partial charge on any atom is -0.341 e. The van der Waals surface area contributed by atoms with Crippen molar-refractivity contribution >= 4 is 23.2 Å².